The molecule has 21 heavy (non-hydrogen) atoms. The highest BCUT2D eigenvalue weighted by Crippen LogP contribution is 2.36. The van der Waals surface area contributed by atoms with Crippen molar-refractivity contribution in [2.75, 3.05) is 10.7 Å². The first-order chi connectivity index (χ1) is 10.0. The van der Waals surface area contributed by atoms with Gasteiger partial charge in [0.05, 0.1) is 5.02 Å². The van der Waals surface area contributed by atoms with Crippen LogP contribution in [0, 0.1) is 12.7 Å². The lowest BCUT2D eigenvalue weighted by Gasteiger charge is -2.32. The van der Waals surface area contributed by atoms with Gasteiger partial charge < -0.3 is 0 Å². The maximum Gasteiger partial charge on any atom is 0.142 e. The number of halogens is 4. The minimum Gasteiger partial charge on any atom is -0.205 e. The molecule has 0 nitrogen and oxygen atoms in total. The van der Waals surface area contributed by atoms with E-state index >= 15 is 0 Å². The lowest BCUT2D eigenvalue weighted by atomic mass is 9.77. The van der Waals surface area contributed by atoms with Crippen molar-refractivity contribution >= 4 is 43.5 Å². The summed E-state index contributed by atoms with van der Waals surface area (Å²) < 4.78 is 13.7. The number of hydrogen-bond acceptors (Lipinski definition) is 0. The topological polar surface area (TPSA) is 0 Å². The van der Waals surface area contributed by atoms with E-state index in [0.29, 0.717) is 6.42 Å². The van der Waals surface area contributed by atoms with Gasteiger partial charge in [0.2, 0.25) is 0 Å². The molecule has 0 bridgehead atoms. The molecule has 2 aromatic rings. The van der Waals surface area contributed by atoms with Gasteiger partial charge in [-0.25, -0.2) is 4.39 Å². The summed E-state index contributed by atoms with van der Waals surface area (Å²) in [6, 6.07) is 13.3. The highest BCUT2D eigenvalue weighted by atomic mass is 79.9. The van der Waals surface area contributed by atoms with E-state index in [1.165, 1.54) is 17.2 Å². The second-order valence-electron chi connectivity index (χ2n) is 5.25. The third-order valence-corrected chi connectivity index (χ3v) is 6.36. The van der Waals surface area contributed by atoms with Crippen molar-refractivity contribution < 1.29 is 4.39 Å². The molecule has 0 aliphatic carbocycles. The summed E-state index contributed by atoms with van der Waals surface area (Å²) in [6.45, 7) is 2.10. The fraction of sp³-hybridized carbons (Fsp3) is 0.294. The molecule has 0 saturated heterocycles. The molecule has 0 atom stereocenters. The monoisotopic (exact) mass is 432 g/mol. The smallest absolute Gasteiger partial charge is 0.142 e. The maximum absolute atomic E-state index is 13.7. The highest BCUT2D eigenvalue weighted by molar-refractivity contribution is 9.09. The van der Waals surface area contributed by atoms with E-state index in [0.717, 1.165) is 16.2 Å². The van der Waals surface area contributed by atoms with E-state index < -0.39 is 0 Å². The van der Waals surface area contributed by atoms with Gasteiger partial charge in [-0.2, -0.15) is 0 Å². The van der Waals surface area contributed by atoms with Crippen molar-refractivity contribution in [1.29, 1.82) is 0 Å². The van der Waals surface area contributed by atoms with Gasteiger partial charge in [0, 0.05) is 16.1 Å². The molecule has 0 spiro atoms. The summed E-state index contributed by atoms with van der Waals surface area (Å²) in [5.41, 5.74) is 3.14. The summed E-state index contributed by atoms with van der Waals surface area (Å²) in [5.74, 6) is -0.364. The lowest BCUT2D eigenvalue weighted by molar-refractivity contribution is 0.544. The largest absolute Gasteiger partial charge is 0.205 e. The predicted octanol–water partition coefficient (Wildman–Crippen LogP) is 6.06. The predicted molar refractivity (Wildman–Crippen MR) is 95.6 cm³/mol. The summed E-state index contributed by atoms with van der Waals surface area (Å²) in [7, 11) is 0. The Kier molecular flexibility index (Phi) is 5.87. The van der Waals surface area contributed by atoms with E-state index in [9.17, 15) is 4.39 Å². The molecule has 0 N–H and O–H groups in total. The number of aryl methyl sites for hydroxylation is 1. The molecule has 0 amide bonds. The van der Waals surface area contributed by atoms with Crippen molar-refractivity contribution in [2.45, 2.75) is 18.8 Å². The molecule has 2 rings (SSSR count). The quantitative estimate of drug-likeness (QED) is 0.502. The average Bonchev–Trinajstić information content (AvgIpc) is 2.50. The molecule has 0 fully saturated rings. The zero-order valence-electron chi connectivity index (χ0n) is 11.7. The molecule has 0 saturated carbocycles. The molecular weight excluding hydrogens is 418 g/mol. The van der Waals surface area contributed by atoms with Crippen molar-refractivity contribution in [1.82, 2.24) is 0 Å². The molecule has 0 aliphatic heterocycles. The van der Waals surface area contributed by atoms with E-state index in [-0.39, 0.29) is 16.3 Å². The van der Waals surface area contributed by atoms with Crippen molar-refractivity contribution in [3.8, 4) is 0 Å². The van der Waals surface area contributed by atoms with Crippen molar-refractivity contribution in [2.24, 2.45) is 0 Å². The fourth-order valence-corrected chi connectivity index (χ4v) is 4.71. The molecule has 0 aromatic heterocycles. The van der Waals surface area contributed by atoms with Crippen LogP contribution in [0.1, 0.15) is 16.7 Å². The van der Waals surface area contributed by atoms with Crippen LogP contribution in [0.2, 0.25) is 5.02 Å². The SMILES string of the molecule is Cc1ccccc1C(CBr)(CBr)Cc1cccc(F)c1Cl. The van der Waals surface area contributed by atoms with Gasteiger partial charge in [-0.3, -0.25) is 0 Å². The second-order valence-corrected chi connectivity index (χ2v) is 6.75. The Morgan fingerprint density at radius 2 is 1.71 bits per heavy atom. The van der Waals surface area contributed by atoms with Crippen molar-refractivity contribution in [3.05, 3.63) is 70.0 Å². The fourth-order valence-electron chi connectivity index (χ4n) is 2.59. The molecule has 0 unspecified atom stereocenters. The Balaban J connectivity index is 2.49. The number of benzene rings is 2. The Morgan fingerprint density at radius 1 is 1.05 bits per heavy atom. The Morgan fingerprint density at radius 3 is 2.33 bits per heavy atom. The molecule has 0 aliphatic rings. The third kappa shape index (κ3) is 3.52. The number of alkyl halides is 2. The Bertz CT molecular complexity index is 624. The van der Waals surface area contributed by atoms with Crippen LogP contribution in [-0.4, -0.2) is 10.7 Å². The summed E-state index contributed by atoms with van der Waals surface area (Å²) in [4.78, 5) is 0. The van der Waals surface area contributed by atoms with Crippen LogP contribution < -0.4 is 0 Å². The molecule has 4 heteroatoms. The highest BCUT2D eigenvalue weighted by Gasteiger charge is 2.32. The first-order valence-corrected chi connectivity index (χ1v) is 9.27. The van der Waals surface area contributed by atoms with Crippen LogP contribution in [0.5, 0.6) is 0 Å². The normalized spacial score (nSPS) is 11.7. The Labute approximate surface area is 147 Å². The molecule has 112 valence electrons. The number of rotatable bonds is 5. The van der Waals surface area contributed by atoms with Gasteiger partial charge in [-0.05, 0) is 36.1 Å². The van der Waals surface area contributed by atoms with Gasteiger partial charge in [0.15, 0.2) is 0 Å². The average molecular weight is 435 g/mol. The first-order valence-electron chi connectivity index (χ1n) is 6.65. The second kappa shape index (κ2) is 7.26. The van der Waals surface area contributed by atoms with Gasteiger partial charge >= 0.3 is 0 Å². The summed E-state index contributed by atoms with van der Waals surface area (Å²) in [6.07, 6.45) is 0.672. The molecule has 0 radical (unpaired) electrons. The van der Waals surface area contributed by atoms with Crippen LogP contribution >= 0.6 is 43.5 Å². The van der Waals surface area contributed by atoms with E-state index in [1.807, 2.05) is 18.2 Å². The molecule has 2 aromatic carbocycles. The van der Waals surface area contributed by atoms with E-state index in [2.05, 4.69) is 50.9 Å². The summed E-state index contributed by atoms with van der Waals surface area (Å²) in [5, 5.41) is 1.75. The van der Waals surface area contributed by atoms with Gasteiger partial charge in [-0.1, -0.05) is 79.9 Å². The molecule has 0 heterocycles. The first kappa shape index (κ1) is 17.0. The van der Waals surface area contributed by atoms with Crippen LogP contribution in [0.25, 0.3) is 0 Å². The zero-order valence-corrected chi connectivity index (χ0v) is 15.6. The Hall–Kier alpha value is -0.380. The third-order valence-electron chi connectivity index (χ3n) is 3.79. The summed E-state index contributed by atoms with van der Waals surface area (Å²) >= 11 is 13.4. The van der Waals surface area contributed by atoms with Crippen LogP contribution in [-0.2, 0) is 11.8 Å². The lowest BCUT2D eigenvalue weighted by Crippen LogP contribution is -2.34. The van der Waals surface area contributed by atoms with E-state index in [1.54, 1.807) is 6.07 Å². The van der Waals surface area contributed by atoms with Crippen LogP contribution in [0.15, 0.2) is 42.5 Å². The minimum atomic E-state index is -0.364. The van der Waals surface area contributed by atoms with Crippen molar-refractivity contribution in [3.63, 3.8) is 0 Å². The van der Waals surface area contributed by atoms with Crippen LogP contribution in [0.3, 0.4) is 0 Å². The molecular formula is C17H16Br2ClF. The number of hydrogen-bond donors (Lipinski definition) is 0. The maximum atomic E-state index is 13.7. The van der Waals surface area contributed by atoms with Crippen LogP contribution in [0.4, 0.5) is 4.39 Å². The van der Waals surface area contributed by atoms with Gasteiger partial charge in [-0.15, -0.1) is 0 Å². The minimum absolute atomic E-state index is 0.164. The van der Waals surface area contributed by atoms with Gasteiger partial charge in [0.25, 0.3) is 0 Å². The zero-order chi connectivity index (χ0) is 15.5. The van der Waals surface area contributed by atoms with E-state index in [4.69, 9.17) is 11.6 Å². The standard InChI is InChI=1S/C17H16Br2ClF/c1-12-5-2-3-7-14(12)17(10-18,11-19)9-13-6-4-8-15(21)16(13)20/h2-8H,9-11H2,1H3. The van der Waals surface area contributed by atoms with Gasteiger partial charge in [0.1, 0.15) is 5.82 Å².